The number of aliphatic carboxylic acids is 1. The quantitative estimate of drug-likeness (QED) is 0.764. The summed E-state index contributed by atoms with van der Waals surface area (Å²) in [6.07, 6.45) is 5.27. The molecule has 2 aliphatic rings. The van der Waals surface area contributed by atoms with Crippen molar-refractivity contribution in [3.63, 3.8) is 0 Å². The van der Waals surface area contributed by atoms with Crippen LogP contribution in [0.1, 0.15) is 38.5 Å². The van der Waals surface area contributed by atoms with Crippen molar-refractivity contribution in [1.29, 1.82) is 0 Å². The molecule has 0 aromatic heterocycles. The van der Waals surface area contributed by atoms with Crippen LogP contribution in [-0.4, -0.2) is 57.3 Å². The number of hydrogen-bond acceptors (Lipinski definition) is 4. The van der Waals surface area contributed by atoms with E-state index < -0.39 is 5.97 Å². The highest BCUT2D eigenvalue weighted by Crippen LogP contribution is 2.28. The van der Waals surface area contributed by atoms with E-state index in [0.717, 1.165) is 43.7 Å². The lowest BCUT2D eigenvalue weighted by molar-refractivity contribution is -0.138. The summed E-state index contributed by atoms with van der Waals surface area (Å²) in [6.45, 7) is 0.921. The molecule has 1 saturated heterocycles. The second-order valence-electron chi connectivity index (χ2n) is 5.34. The highest BCUT2D eigenvalue weighted by molar-refractivity contribution is 7.99. The lowest BCUT2D eigenvalue weighted by atomic mass is 10.0. The van der Waals surface area contributed by atoms with Crippen LogP contribution in [0.25, 0.3) is 0 Å². The van der Waals surface area contributed by atoms with E-state index >= 15 is 0 Å². The minimum atomic E-state index is -0.726. The Morgan fingerprint density at radius 3 is 2.83 bits per heavy atom. The number of rotatable bonds is 3. The minimum Gasteiger partial charge on any atom is -0.481 e. The second kappa shape index (κ2) is 6.78. The van der Waals surface area contributed by atoms with Crippen molar-refractivity contribution in [3.8, 4) is 0 Å². The molecule has 1 aliphatic heterocycles. The van der Waals surface area contributed by atoms with E-state index in [1.807, 2.05) is 11.8 Å². The molecule has 2 rings (SSSR count). The molecule has 1 aliphatic carbocycles. The van der Waals surface area contributed by atoms with Gasteiger partial charge in [0.05, 0.1) is 12.5 Å². The number of hydrogen-bond donors (Lipinski definition) is 2. The van der Waals surface area contributed by atoms with Crippen LogP contribution in [0.2, 0.25) is 0 Å². The molecule has 3 unspecified atom stereocenters. The standard InChI is InChI=1S/C13H23NO3S/c15-12-5-3-1-2-4-11(12)14-6-7-18-9-10(14)8-13(16)17/h10-12,15H,1-9H2,(H,16,17). The number of thioether (sulfide) groups is 1. The second-order valence-corrected chi connectivity index (χ2v) is 6.49. The van der Waals surface area contributed by atoms with E-state index in [0.29, 0.717) is 0 Å². The molecule has 2 N–H and O–H groups in total. The Kier molecular flexibility index (Phi) is 5.33. The van der Waals surface area contributed by atoms with Gasteiger partial charge >= 0.3 is 5.97 Å². The van der Waals surface area contributed by atoms with Gasteiger partial charge < -0.3 is 10.2 Å². The van der Waals surface area contributed by atoms with Gasteiger partial charge in [-0.2, -0.15) is 11.8 Å². The van der Waals surface area contributed by atoms with Crippen LogP contribution in [0.3, 0.4) is 0 Å². The lowest BCUT2D eigenvalue weighted by Gasteiger charge is -2.42. The van der Waals surface area contributed by atoms with Crippen molar-refractivity contribution in [2.75, 3.05) is 18.1 Å². The third-order valence-corrected chi connectivity index (χ3v) is 5.14. The molecule has 18 heavy (non-hydrogen) atoms. The van der Waals surface area contributed by atoms with Gasteiger partial charge in [-0.3, -0.25) is 9.69 Å². The maximum absolute atomic E-state index is 10.9. The van der Waals surface area contributed by atoms with Gasteiger partial charge in [-0.15, -0.1) is 0 Å². The van der Waals surface area contributed by atoms with Gasteiger partial charge in [-0.25, -0.2) is 0 Å². The smallest absolute Gasteiger partial charge is 0.304 e. The number of carbonyl (C=O) groups is 1. The van der Waals surface area contributed by atoms with Gasteiger partial charge in [0.2, 0.25) is 0 Å². The first kappa shape index (κ1) is 14.2. The Morgan fingerprint density at radius 1 is 1.28 bits per heavy atom. The molecule has 0 amide bonds. The Morgan fingerprint density at radius 2 is 2.06 bits per heavy atom. The molecule has 0 radical (unpaired) electrons. The summed E-state index contributed by atoms with van der Waals surface area (Å²) in [5.41, 5.74) is 0. The molecule has 4 nitrogen and oxygen atoms in total. The average Bonchev–Trinajstić information content (AvgIpc) is 2.54. The van der Waals surface area contributed by atoms with E-state index in [1.165, 1.54) is 6.42 Å². The highest BCUT2D eigenvalue weighted by Gasteiger charge is 2.34. The molecule has 5 heteroatoms. The molecular formula is C13H23NO3S. The van der Waals surface area contributed by atoms with Gasteiger partial charge in [0, 0.05) is 30.1 Å². The van der Waals surface area contributed by atoms with Gasteiger partial charge in [0.15, 0.2) is 0 Å². The average molecular weight is 273 g/mol. The van der Waals surface area contributed by atoms with Gasteiger partial charge in [-0.05, 0) is 12.8 Å². The van der Waals surface area contributed by atoms with Crippen LogP contribution < -0.4 is 0 Å². The Balaban J connectivity index is 2.03. The largest absolute Gasteiger partial charge is 0.481 e. The first-order valence-electron chi connectivity index (χ1n) is 6.92. The van der Waals surface area contributed by atoms with Crippen molar-refractivity contribution in [2.24, 2.45) is 0 Å². The normalized spacial score (nSPS) is 35.1. The molecule has 104 valence electrons. The number of aliphatic hydroxyl groups is 1. The molecule has 3 atom stereocenters. The molecule has 2 fully saturated rings. The summed E-state index contributed by atoms with van der Waals surface area (Å²) < 4.78 is 0. The Bertz CT molecular complexity index is 287. The lowest BCUT2D eigenvalue weighted by Crippen LogP contribution is -2.53. The third kappa shape index (κ3) is 3.62. The molecule has 0 aromatic rings. The Hall–Kier alpha value is -0.260. The summed E-state index contributed by atoms with van der Waals surface area (Å²) in [6, 6.07) is 0.275. The summed E-state index contributed by atoms with van der Waals surface area (Å²) in [5, 5.41) is 19.3. The van der Waals surface area contributed by atoms with Crippen LogP contribution in [0.15, 0.2) is 0 Å². The summed E-state index contributed by atoms with van der Waals surface area (Å²) in [7, 11) is 0. The minimum absolute atomic E-state index is 0.0963. The maximum atomic E-state index is 10.9. The molecule has 0 aromatic carbocycles. The molecule has 0 bridgehead atoms. The molecule has 1 saturated carbocycles. The summed E-state index contributed by atoms with van der Waals surface area (Å²) in [5.74, 6) is 1.21. The topological polar surface area (TPSA) is 60.8 Å². The van der Waals surface area contributed by atoms with Crippen molar-refractivity contribution in [2.45, 2.75) is 56.7 Å². The fourth-order valence-corrected chi connectivity index (χ4v) is 4.23. The number of aliphatic hydroxyl groups excluding tert-OH is 1. The third-order valence-electron chi connectivity index (χ3n) is 4.05. The predicted octanol–water partition coefficient (Wildman–Crippen LogP) is 1.57. The van der Waals surface area contributed by atoms with E-state index in [1.54, 1.807) is 0 Å². The van der Waals surface area contributed by atoms with Gasteiger partial charge in [0.1, 0.15) is 0 Å². The highest BCUT2D eigenvalue weighted by atomic mass is 32.2. The fourth-order valence-electron chi connectivity index (χ4n) is 3.14. The molecule has 1 heterocycles. The maximum Gasteiger partial charge on any atom is 0.304 e. The summed E-state index contributed by atoms with van der Waals surface area (Å²) >= 11 is 1.83. The van der Waals surface area contributed by atoms with Crippen LogP contribution >= 0.6 is 11.8 Å². The van der Waals surface area contributed by atoms with E-state index in [4.69, 9.17) is 5.11 Å². The zero-order chi connectivity index (χ0) is 13.0. The van der Waals surface area contributed by atoms with E-state index in [-0.39, 0.29) is 24.6 Å². The zero-order valence-corrected chi connectivity index (χ0v) is 11.6. The van der Waals surface area contributed by atoms with Crippen LogP contribution in [0.4, 0.5) is 0 Å². The van der Waals surface area contributed by atoms with Gasteiger partial charge in [0.25, 0.3) is 0 Å². The first-order valence-corrected chi connectivity index (χ1v) is 8.07. The van der Waals surface area contributed by atoms with Crippen LogP contribution in [0.5, 0.6) is 0 Å². The predicted molar refractivity (Wildman–Crippen MR) is 73.0 cm³/mol. The first-order chi connectivity index (χ1) is 8.68. The van der Waals surface area contributed by atoms with Crippen molar-refractivity contribution in [1.82, 2.24) is 4.90 Å². The van der Waals surface area contributed by atoms with Crippen LogP contribution in [0, 0.1) is 0 Å². The van der Waals surface area contributed by atoms with Gasteiger partial charge in [-0.1, -0.05) is 19.3 Å². The molecular weight excluding hydrogens is 250 g/mol. The fraction of sp³-hybridized carbons (Fsp3) is 0.923. The van der Waals surface area contributed by atoms with Crippen LogP contribution in [-0.2, 0) is 4.79 Å². The monoisotopic (exact) mass is 273 g/mol. The van der Waals surface area contributed by atoms with E-state index in [9.17, 15) is 9.90 Å². The number of nitrogens with zero attached hydrogens (tertiary/aromatic N) is 1. The van der Waals surface area contributed by atoms with Crippen molar-refractivity contribution >= 4 is 17.7 Å². The summed E-state index contributed by atoms with van der Waals surface area (Å²) in [4.78, 5) is 13.2. The zero-order valence-electron chi connectivity index (χ0n) is 10.8. The number of carboxylic acid groups (broad SMARTS) is 1. The van der Waals surface area contributed by atoms with Crippen molar-refractivity contribution < 1.29 is 15.0 Å². The molecule has 0 spiro atoms. The SMILES string of the molecule is O=C(O)CC1CSCCN1C1CCCCCC1O. The van der Waals surface area contributed by atoms with Crippen molar-refractivity contribution in [3.05, 3.63) is 0 Å². The number of carboxylic acids is 1. The Labute approximate surface area is 113 Å². The van der Waals surface area contributed by atoms with E-state index in [2.05, 4.69) is 4.90 Å².